The molecule has 6 aliphatic rings. The van der Waals surface area contributed by atoms with Crippen LogP contribution in [-0.2, 0) is 14.3 Å². The molecule has 4 aromatic rings. The van der Waals surface area contributed by atoms with E-state index in [9.17, 15) is 28.8 Å². The maximum Gasteiger partial charge on any atom is 0.229 e. The van der Waals surface area contributed by atoms with Gasteiger partial charge in [-0.05, 0) is 47.9 Å². The van der Waals surface area contributed by atoms with Crippen LogP contribution in [0.1, 0.15) is 117 Å². The van der Waals surface area contributed by atoms with E-state index in [1.54, 1.807) is 42.6 Å². The summed E-state index contributed by atoms with van der Waals surface area (Å²) in [4.78, 5) is 83.5. The summed E-state index contributed by atoms with van der Waals surface area (Å²) in [5.74, 6) is -1.21. The summed E-state index contributed by atoms with van der Waals surface area (Å²) in [7, 11) is 0. The molecule has 3 aromatic carbocycles. The molecule has 1 aliphatic heterocycles. The normalized spacial score (nSPS) is 22.2. The molecule has 0 fully saturated rings. The van der Waals surface area contributed by atoms with Crippen molar-refractivity contribution in [2.45, 2.75) is 64.2 Å². The Morgan fingerprint density at radius 3 is 1.84 bits per heavy atom. The third kappa shape index (κ3) is 5.62. The first-order chi connectivity index (χ1) is 27.0. The number of aromatic nitrogens is 1. The van der Waals surface area contributed by atoms with Gasteiger partial charge in [-0.15, -0.1) is 0 Å². The van der Waals surface area contributed by atoms with Crippen LogP contribution >= 0.6 is 0 Å². The van der Waals surface area contributed by atoms with Crippen molar-refractivity contribution >= 4 is 34.7 Å². The standard InChI is InChI=1S/C25H21NO3.C23H16O4/c1-25(2)12-15-11-17-21(23(28)16-9-6-10-26-22(16)24(17)29)20(19(15)18(27)13-25)14-7-4-3-5-8-14;24-16-11-6-12-17-19(16)18(13-7-2-1-3-8-13)20-21(25)14-9-4-5-10-15(14)22(26)23(20)27-17/h3-10,20H,11-13H2,1-2H3;1-5,7-10,18H,6,11-12H2. The summed E-state index contributed by atoms with van der Waals surface area (Å²) >= 11 is 0. The summed E-state index contributed by atoms with van der Waals surface area (Å²) < 4.78 is 5.92. The number of carbonyl (C=O) groups is 6. The fourth-order valence-electron chi connectivity index (χ4n) is 9.36. The molecule has 0 saturated heterocycles. The highest BCUT2D eigenvalue weighted by Gasteiger charge is 2.48. The van der Waals surface area contributed by atoms with Crippen LogP contribution in [0.3, 0.4) is 0 Å². The molecule has 8 heteroatoms. The Morgan fingerprint density at radius 2 is 1.16 bits per heavy atom. The first-order valence-electron chi connectivity index (χ1n) is 19.0. The minimum atomic E-state index is -0.553. The first kappa shape index (κ1) is 35.3. The highest BCUT2D eigenvalue weighted by Crippen LogP contribution is 2.52. The SMILES string of the molecule is CC1(C)CC(=O)C2=C(CC3=C(C(=O)c4cccnc4C3=O)C2c2ccccc2)C1.O=C1CCCC2=C1C(c1ccccc1)C1=C(O2)C(=O)c2ccccc2C1=O. The van der Waals surface area contributed by atoms with E-state index < -0.39 is 11.8 Å². The first-order valence-corrected chi connectivity index (χ1v) is 19.0. The van der Waals surface area contributed by atoms with Crippen molar-refractivity contribution in [2.75, 3.05) is 0 Å². The van der Waals surface area contributed by atoms with Crippen LogP contribution in [0.2, 0.25) is 0 Å². The molecule has 2 unspecified atom stereocenters. The number of rotatable bonds is 2. The number of ether oxygens (including phenoxy) is 1. The Bertz CT molecular complexity index is 2590. The molecule has 276 valence electrons. The van der Waals surface area contributed by atoms with Crippen molar-refractivity contribution in [1.29, 1.82) is 0 Å². The molecule has 0 amide bonds. The van der Waals surface area contributed by atoms with E-state index in [0.29, 0.717) is 76.8 Å². The number of benzene rings is 3. The van der Waals surface area contributed by atoms with Gasteiger partial charge >= 0.3 is 0 Å². The lowest BCUT2D eigenvalue weighted by atomic mass is 9.61. The molecule has 0 N–H and O–H groups in total. The number of hydrogen-bond donors (Lipinski definition) is 0. The number of fused-ring (bicyclic) bond motifs is 2. The van der Waals surface area contributed by atoms with E-state index in [1.807, 2.05) is 60.7 Å². The van der Waals surface area contributed by atoms with E-state index in [4.69, 9.17) is 4.74 Å². The van der Waals surface area contributed by atoms with Crippen LogP contribution < -0.4 is 0 Å². The molecule has 5 aliphatic carbocycles. The number of nitrogens with zero attached hydrogens (tertiary/aromatic N) is 1. The van der Waals surface area contributed by atoms with Crippen LogP contribution in [0.4, 0.5) is 0 Å². The lowest BCUT2D eigenvalue weighted by Gasteiger charge is -2.40. The van der Waals surface area contributed by atoms with Crippen molar-refractivity contribution in [3.8, 4) is 0 Å². The second-order valence-electron chi connectivity index (χ2n) is 15.9. The van der Waals surface area contributed by atoms with E-state index in [0.717, 1.165) is 28.7 Å². The number of allylic oxidation sites excluding steroid dienone is 8. The van der Waals surface area contributed by atoms with Gasteiger partial charge in [0, 0.05) is 70.7 Å². The Labute approximate surface area is 323 Å². The van der Waals surface area contributed by atoms with Crippen molar-refractivity contribution in [3.63, 3.8) is 0 Å². The average Bonchev–Trinajstić information content (AvgIpc) is 3.21. The van der Waals surface area contributed by atoms with Gasteiger partial charge in [-0.25, -0.2) is 0 Å². The van der Waals surface area contributed by atoms with Crippen LogP contribution in [0.5, 0.6) is 0 Å². The van der Waals surface area contributed by atoms with Crippen molar-refractivity contribution in [1.82, 2.24) is 4.98 Å². The molecule has 8 nitrogen and oxygen atoms in total. The molecule has 0 spiro atoms. The minimum absolute atomic E-state index is 0.00393. The van der Waals surface area contributed by atoms with Gasteiger partial charge in [-0.1, -0.05) is 104 Å². The molecule has 2 heterocycles. The quantitative estimate of drug-likeness (QED) is 0.200. The molecule has 0 saturated carbocycles. The summed E-state index contributed by atoms with van der Waals surface area (Å²) in [6, 6.07) is 29.2. The molecule has 56 heavy (non-hydrogen) atoms. The topological polar surface area (TPSA) is 125 Å². The summed E-state index contributed by atoms with van der Waals surface area (Å²) in [5, 5.41) is 0. The Morgan fingerprint density at radius 1 is 0.571 bits per heavy atom. The van der Waals surface area contributed by atoms with Gasteiger partial charge in [0.1, 0.15) is 11.5 Å². The Balaban J connectivity index is 0.000000147. The predicted molar refractivity (Wildman–Crippen MR) is 207 cm³/mol. The van der Waals surface area contributed by atoms with Gasteiger partial charge in [0.2, 0.25) is 11.6 Å². The van der Waals surface area contributed by atoms with Crippen LogP contribution in [0, 0.1) is 5.41 Å². The average molecular weight is 740 g/mol. The lowest BCUT2D eigenvalue weighted by Crippen LogP contribution is -2.36. The zero-order valence-electron chi connectivity index (χ0n) is 31.0. The summed E-state index contributed by atoms with van der Waals surface area (Å²) in [6.07, 6.45) is 4.86. The molecule has 2 atom stereocenters. The van der Waals surface area contributed by atoms with E-state index in [1.165, 1.54) is 0 Å². The van der Waals surface area contributed by atoms with Crippen LogP contribution in [0.15, 0.2) is 148 Å². The lowest BCUT2D eigenvalue weighted by molar-refractivity contribution is -0.118. The predicted octanol–water partition coefficient (Wildman–Crippen LogP) is 8.77. The molecule has 1 aromatic heterocycles. The maximum atomic E-state index is 13.5. The highest BCUT2D eigenvalue weighted by atomic mass is 16.5. The molecular formula is C48H37NO7. The summed E-state index contributed by atoms with van der Waals surface area (Å²) in [6.45, 7) is 4.17. The fourth-order valence-corrected chi connectivity index (χ4v) is 9.36. The van der Waals surface area contributed by atoms with Crippen molar-refractivity contribution in [3.05, 3.63) is 182 Å². The second-order valence-corrected chi connectivity index (χ2v) is 15.9. The van der Waals surface area contributed by atoms with E-state index in [-0.39, 0.29) is 51.6 Å². The second kappa shape index (κ2) is 13.4. The Kier molecular flexibility index (Phi) is 8.45. The molecule has 0 bridgehead atoms. The zero-order chi connectivity index (χ0) is 38.9. The molecule has 0 radical (unpaired) electrons. The minimum Gasteiger partial charge on any atom is -0.457 e. The third-order valence-electron chi connectivity index (χ3n) is 11.7. The van der Waals surface area contributed by atoms with Gasteiger partial charge in [0.25, 0.3) is 0 Å². The number of pyridine rings is 1. The van der Waals surface area contributed by atoms with Gasteiger partial charge in [0.15, 0.2) is 28.9 Å². The number of hydrogen-bond acceptors (Lipinski definition) is 8. The van der Waals surface area contributed by atoms with Crippen LogP contribution in [-0.4, -0.2) is 39.7 Å². The van der Waals surface area contributed by atoms with E-state index in [2.05, 4.69) is 18.8 Å². The zero-order valence-corrected chi connectivity index (χ0v) is 31.0. The van der Waals surface area contributed by atoms with Gasteiger partial charge in [-0.3, -0.25) is 33.8 Å². The smallest absolute Gasteiger partial charge is 0.229 e. The number of ketones is 6. The summed E-state index contributed by atoms with van der Waals surface area (Å²) in [5.41, 5.74) is 6.40. The van der Waals surface area contributed by atoms with Gasteiger partial charge in [0.05, 0.1) is 11.1 Å². The number of carbonyl (C=O) groups excluding carboxylic acids is 6. The Hall–Kier alpha value is -6.41. The van der Waals surface area contributed by atoms with Crippen molar-refractivity contribution in [2.24, 2.45) is 5.41 Å². The van der Waals surface area contributed by atoms with E-state index >= 15 is 0 Å². The monoisotopic (exact) mass is 739 g/mol. The largest absolute Gasteiger partial charge is 0.457 e. The third-order valence-corrected chi connectivity index (χ3v) is 11.7. The highest BCUT2D eigenvalue weighted by molar-refractivity contribution is 6.29. The van der Waals surface area contributed by atoms with Crippen LogP contribution in [0.25, 0.3) is 0 Å². The molecular weight excluding hydrogens is 703 g/mol. The molecule has 10 rings (SSSR count). The maximum absolute atomic E-state index is 13.5. The van der Waals surface area contributed by atoms with Gasteiger partial charge < -0.3 is 4.74 Å². The number of Topliss-reactive ketones (excluding diaryl/α,β-unsaturated/α-hetero) is 6. The van der Waals surface area contributed by atoms with Gasteiger partial charge in [-0.2, -0.15) is 0 Å². The van der Waals surface area contributed by atoms with Crippen molar-refractivity contribution < 1.29 is 33.5 Å². The fraction of sp³-hybridized carbons (Fsp3) is 0.229.